The second-order valence-corrected chi connectivity index (χ2v) is 9.00. The lowest BCUT2D eigenvalue weighted by atomic mass is 10.1. The van der Waals surface area contributed by atoms with Crippen molar-refractivity contribution in [2.45, 2.75) is 40.5 Å². The first kappa shape index (κ1) is 24.4. The number of unbranched alkanes of at least 4 members (excludes halogenated alkanes) is 1. The molecule has 0 radical (unpaired) electrons. The van der Waals surface area contributed by atoms with Crippen LogP contribution in [0.2, 0.25) is 0 Å². The molecule has 1 amide bonds. The number of anilines is 1. The van der Waals surface area contributed by atoms with E-state index in [4.69, 9.17) is 21.4 Å². The van der Waals surface area contributed by atoms with Gasteiger partial charge in [-0.3, -0.25) is 10.1 Å². The smallest absolute Gasteiger partial charge is 0.257 e. The summed E-state index contributed by atoms with van der Waals surface area (Å²) >= 11 is 5.40. The van der Waals surface area contributed by atoms with E-state index in [1.807, 2.05) is 37.3 Å². The van der Waals surface area contributed by atoms with Crippen molar-refractivity contribution in [1.82, 2.24) is 10.3 Å². The summed E-state index contributed by atoms with van der Waals surface area (Å²) in [5.41, 5.74) is 6.96. The van der Waals surface area contributed by atoms with Crippen LogP contribution in [-0.4, -0.2) is 22.6 Å². The summed E-state index contributed by atoms with van der Waals surface area (Å²) in [5.74, 6) is 0.984. The number of ether oxygens (including phenoxy) is 1. The molecule has 1 aromatic heterocycles. The van der Waals surface area contributed by atoms with Crippen molar-refractivity contribution in [3.63, 3.8) is 0 Å². The van der Waals surface area contributed by atoms with E-state index in [9.17, 15) is 4.79 Å². The molecule has 7 heteroatoms. The number of nitrogens with one attached hydrogen (secondary N) is 2. The zero-order chi connectivity index (χ0) is 24.9. The third-order valence-electron chi connectivity index (χ3n) is 5.85. The van der Waals surface area contributed by atoms with Crippen LogP contribution in [-0.2, 0) is 0 Å². The Morgan fingerprint density at radius 1 is 1.00 bits per heavy atom. The maximum absolute atomic E-state index is 12.6. The second-order valence-electron chi connectivity index (χ2n) is 8.59. The van der Waals surface area contributed by atoms with E-state index in [2.05, 4.69) is 36.4 Å². The van der Waals surface area contributed by atoms with Gasteiger partial charge in [0, 0.05) is 16.8 Å². The standard InChI is InChI=1S/C28H29N3O3S/c1-5-6-13-33-22-11-9-20(10-12-22)26(32)31-28(35)30-23-16-21(8-7-17(23)2)27-29-24-14-18(3)19(4)15-25(24)34-27/h7-12,14-16H,5-6,13H2,1-4H3,(H2,30,31,32,35). The van der Waals surface area contributed by atoms with Gasteiger partial charge in [0.2, 0.25) is 5.89 Å². The highest BCUT2D eigenvalue weighted by atomic mass is 32.1. The highest BCUT2D eigenvalue weighted by Crippen LogP contribution is 2.29. The Hall–Kier alpha value is -3.71. The fourth-order valence-electron chi connectivity index (χ4n) is 3.56. The minimum atomic E-state index is -0.291. The number of benzene rings is 3. The maximum atomic E-state index is 12.6. The molecule has 0 bridgehead atoms. The second kappa shape index (κ2) is 10.7. The predicted molar refractivity (Wildman–Crippen MR) is 144 cm³/mol. The molecule has 0 saturated carbocycles. The van der Waals surface area contributed by atoms with E-state index in [1.54, 1.807) is 24.3 Å². The highest BCUT2D eigenvalue weighted by molar-refractivity contribution is 7.80. The molecule has 0 atom stereocenters. The number of nitrogens with zero attached hydrogens (tertiary/aromatic N) is 1. The number of aromatic nitrogens is 1. The maximum Gasteiger partial charge on any atom is 0.257 e. The molecule has 0 aliphatic rings. The number of thiocarbonyl (C=S) groups is 1. The third kappa shape index (κ3) is 5.87. The summed E-state index contributed by atoms with van der Waals surface area (Å²) in [4.78, 5) is 17.3. The Balaban J connectivity index is 1.44. The fraction of sp³-hybridized carbons (Fsp3) is 0.250. The van der Waals surface area contributed by atoms with Crippen molar-refractivity contribution < 1.29 is 13.9 Å². The first-order valence-corrected chi connectivity index (χ1v) is 12.1. The van der Waals surface area contributed by atoms with Gasteiger partial charge in [0.15, 0.2) is 10.7 Å². The molecular formula is C28H29N3O3S. The lowest BCUT2D eigenvalue weighted by molar-refractivity contribution is 0.0977. The van der Waals surface area contributed by atoms with Crippen LogP contribution in [0.5, 0.6) is 5.75 Å². The zero-order valence-electron chi connectivity index (χ0n) is 20.4. The monoisotopic (exact) mass is 487 g/mol. The molecule has 4 rings (SSSR count). The lowest BCUT2D eigenvalue weighted by Crippen LogP contribution is -2.34. The average Bonchev–Trinajstić information content (AvgIpc) is 3.24. The molecule has 0 unspecified atom stereocenters. The Labute approximate surface area is 210 Å². The van der Waals surface area contributed by atoms with Crippen LogP contribution in [0.1, 0.15) is 46.8 Å². The van der Waals surface area contributed by atoms with E-state index < -0.39 is 0 Å². The van der Waals surface area contributed by atoms with Crippen LogP contribution in [0.25, 0.3) is 22.6 Å². The minimum absolute atomic E-state index is 0.210. The predicted octanol–water partition coefficient (Wildman–Crippen LogP) is 6.73. The molecule has 0 aliphatic carbocycles. The fourth-order valence-corrected chi connectivity index (χ4v) is 3.76. The van der Waals surface area contributed by atoms with Crippen molar-refractivity contribution in [3.8, 4) is 17.2 Å². The van der Waals surface area contributed by atoms with Crippen molar-refractivity contribution >= 4 is 40.0 Å². The molecule has 0 spiro atoms. The summed E-state index contributed by atoms with van der Waals surface area (Å²) in [6.07, 6.45) is 2.07. The highest BCUT2D eigenvalue weighted by Gasteiger charge is 2.13. The van der Waals surface area contributed by atoms with Crippen LogP contribution in [0.3, 0.4) is 0 Å². The van der Waals surface area contributed by atoms with Crippen LogP contribution in [0.4, 0.5) is 5.69 Å². The number of rotatable bonds is 7. The Kier molecular flexibility index (Phi) is 7.46. The summed E-state index contributed by atoms with van der Waals surface area (Å²) < 4.78 is 11.7. The molecule has 6 nitrogen and oxygen atoms in total. The Morgan fingerprint density at radius 3 is 2.49 bits per heavy atom. The van der Waals surface area contributed by atoms with Crippen LogP contribution in [0, 0.1) is 20.8 Å². The summed E-state index contributed by atoms with van der Waals surface area (Å²) in [5, 5.41) is 6.07. The number of hydrogen-bond donors (Lipinski definition) is 2. The summed E-state index contributed by atoms with van der Waals surface area (Å²) in [7, 11) is 0. The molecule has 0 fully saturated rings. The number of aryl methyl sites for hydroxylation is 3. The van der Waals surface area contributed by atoms with Crippen LogP contribution < -0.4 is 15.4 Å². The topological polar surface area (TPSA) is 76.4 Å². The van der Waals surface area contributed by atoms with Gasteiger partial charge in [-0.15, -0.1) is 0 Å². The third-order valence-corrected chi connectivity index (χ3v) is 6.05. The van der Waals surface area contributed by atoms with E-state index in [0.29, 0.717) is 18.1 Å². The number of carbonyl (C=O) groups is 1. The molecule has 4 aromatic rings. The van der Waals surface area contributed by atoms with Crippen molar-refractivity contribution in [2.75, 3.05) is 11.9 Å². The number of fused-ring (bicyclic) bond motifs is 1. The molecule has 3 aromatic carbocycles. The first-order valence-electron chi connectivity index (χ1n) is 11.7. The van der Waals surface area contributed by atoms with Gasteiger partial charge in [-0.25, -0.2) is 4.98 Å². The van der Waals surface area contributed by atoms with E-state index in [1.165, 1.54) is 5.56 Å². The average molecular weight is 488 g/mol. The number of amides is 1. The van der Waals surface area contributed by atoms with Crippen molar-refractivity contribution in [1.29, 1.82) is 0 Å². The molecule has 1 heterocycles. The van der Waals surface area contributed by atoms with Crippen LogP contribution in [0.15, 0.2) is 59.0 Å². The van der Waals surface area contributed by atoms with E-state index in [0.717, 1.165) is 52.1 Å². The molecule has 2 N–H and O–H groups in total. The van der Waals surface area contributed by atoms with Gasteiger partial charge in [-0.2, -0.15) is 0 Å². The minimum Gasteiger partial charge on any atom is -0.494 e. The molecule has 0 aliphatic heterocycles. The molecule has 180 valence electrons. The SMILES string of the molecule is CCCCOc1ccc(C(=O)NC(=S)Nc2cc(-c3nc4cc(C)c(C)cc4o3)ccc2C)cc1. The van der Waals surface area contributed by atoms with Crippen molar-refractivity contribution in [3.05, 3.63) is 76.9 Å². The Bertz CT molecular complexity index is 1340. The van der Waals surface area contributed by atoms with Gasteiger partial charge < -0.3 is 14.5 Å². The number of oxazole rings is 1. The Morgan fingerprint density at radius 2 is 1.74 bits per heavy atom. The van der Waals surface area contributed by atoms with Gasteiger partial charge in [-0.05, 0) is 105 Å². The summed E-state index contributed by atoms with van der Waals surface area (Å²) in [6, 6.07) is 16.9. The molecule has 0 saturated heterocycles. The largest absolute Gasteiger partial charge is 0.494 e. The van der Waals surface area contributed by atoms with E-state index >= 15 is 0 Å². The molecule has 35 heavy (non-hydrogen) atoms. The summed E-state index contributed by atoms with van der Waals surface area (Å²) in [6.45, 7) is 8.85. The van der Waals surface area contributed by atoms with E-state index in [-0.39, 0.29) is 11.0 Å². The van der Waals surface area contributed by atoms with Crippen molar-refractivity contribution in [2.24, 2.45) is 0 Å². The molecular weight excluding hydrogens is 458 g/mol. The zero-order valence-corrected chi connectivity index (χ0v) is 21.2. The van der Waals surface area contributed by atoms with Gasteiger partial charge in [-0.1, -0.05) is 19.4 Å². The quantitative estimate of drug-likeness (QED) is 0.222. The van der Waals surface area contributed by atoms with Gasteiger partial charge in [0.1, 0.15) is 11.3 Å². The lowest BCUT2D eigenvalue weighted by Gasteiger charge is -2.13. The van der Waals surface area contributed by atoms with Gasteiger partial charge in [0.25, 0.3) is 5.91 Å². The number of carbonyl (C=O) groups excluding carboxylic acids is 1. The normalized spacial score (nSPS) is 10.9. The van der Waals surface area contributed by atoms with Gasteiger partial charge >= 0.3 is 0 Å². The van der Waals surface area contributed by atoms with Gasteiger partial charge in [0.05, 0.1) is 6.61 Å². The number of hydrogen-bond acceptors (Lipinski definition) is 5. The first-order chi connectivity index (χ1) is 16.8. The van der Waals surface area contributed by atoms with Crippen LogP contribution >= 0.6 is 12.2 Å².